The molecule has 0 aliphatic carbocycles. The van der Waals surface area contributed by atoms with Crippen molar-refractivity contribution in [3.63, 3.8) is 0 Å². The molecule has 0 saturated heterocycles. The Hall–Kier alpha value is -2.39. The van der Waals surface area contributed by atoms with Gasteiger partial charge in [0.2, 0.25) is 11.5 Å². The van der Waals surface area contributed by atoms with Crippen LogP contribution in [0, 0.1) is 6.92 Å². The lowest BCUT2D eigenvalue weighted by atomic mass is 9.99. The van der Waals surface area contributed by atoms with Crippen LogP contribution in [0.4, 0.5) is 18.9 Å². The Morgan fingerprint density at radius 3 is 2.76 bits per heavy atom. The van der Waals surface area contributed by atoms with Crippen LogP contribution in [0.2, 0.25) is 0 Å². The second kappa shape index (κ2) is 6.16. The highest BCUT2D eigenvalue weighted by molar-refractivity contribution is 7.09. The SMILES string of the molecule is Cc1csc(C(O)(CC(=O)Nc2ccc3[nH]ccc3c2)C(F)(F)F)n1. The topological polar surface area (TPSA) is 78.0 Å². The van der Waals surface area contributed by atoms with Crippen molar-refractivity contribution in [1.29, 1.82) is 0 Å². The number of halogens is 3. The van der Waals surface area contributed by atoms with E-state index in [1.165, 1.54) is 12.3 Å². The number of alkyl halides is 3. The highest BCUT2D eigenvalue weighted by Gasteiger charge is 2.58. The average molecular weight is 369 g/mol. The molecule has 0 bridgehead atoms. The molecular weight excluding hydrogens is 355 g/mol. The van der Waals surface area contributed by atoms with Gasteiger partial charge in [-0.1, -0.05) is 0 Å². The molecule has 1 atom stereocenters. The Labute approximate surface area is 144 Å². The van der Waals surface area contributed by atoms with Crippen molar-refractivity contribution in [3.05, 3.63) is 46.5 Å². The Bertz CT molecular complexity index is 919. The lowest BCUT2D eigenvalue weighted by Crippen LogP contribution is -2.45. The Kier molecular flexibility index (Phi) is 4.29. The van der Waals surface area contributed by atoms with E-state index in [-0.39, 0.29) is 0 Å². The number of benzene rings is 1. The number of thiazole rings is 1. The Balaban J connectivity index is 1.82. The van der Waals surface area contributed by atoms with E-state index < -0.39 is 29.1 Å². The number of carbonyl (C=O) groups excluding carboxylic acids is 1. The lowest BCUT2D eigenvalue weighted by Gasteiger charge is -2.27. The highest BCUT2D eigenvalue weighted by atomic mass is 32.1. The number of nitrogens with one attached hydrogen (secondary N) is 2. The van der Waals surface area contributed by atoms with E-state index in [0.29, 0.717) is 22.7 Å². The van der Waals surface area contributed by atoms with Gasteiger partial charge in [-0.05, 0) is 31.2 Å². The summed E-state index contributed by atoms with van der Waals surface area (Å²) < 4.78 is 40.2. The summed E-state index contributed by atoms with van der Waals surface area (Å²) in [5.41, 5.74) is -1.80. The molecular formula is C16H14F3N3O2S. The first-order valence-electron chi connectivity index (χ1n) is 7.28. The number of nitrogens with zero attached hydrogens (tertiary/aromatic N) is 1. The number of hydrogen-bond donors (Lipinski definition) is 3. The summed E-state index contributed by atoms with van der Waals surface area (Å²) in [5, 5.41) is 14.2. The molecule has 9 heteroatoms. The summed E-state index contributed by atoms with van der Waals surface area (Å²) in [4.78, 5) is 18.8. The fourth-order valence-corrected chi connectivity index (χ4v) is 3.32. The maximum atomic E-state index is 13.4. The predicted molar refractivity (Wildman–Crippen MR) is 88.3 cm³/mol. The summed E-state index contributed by atoms with van der Waals surface area (Å²) in [7, 11) is 0. The molecule has 0 saturated carbocycles. The molecule has 2 aromatic heterocycles. The molecule has 3 aromatic rings. The number of aromatic amines is 1. The number of fused-ring (bicyclic) bond motifs is 1. The zero-order valence-electron chi connectivity index (χ0n) is 13.0. The van der Waals surface area contributed by atoms with Crippen molar-refractivity contribution in [2.45, 2.75) is 25.1 Å². The van der Waals surface area contributed by atoms with E-state index in [4.69, 9.17) is 0 Å². The number of carbonyl (C=O) groups is 1. The van der Waals surface area contributed by atoms with Gasteiger partial charge in [0.05, 0.1) is 6.42 Å². The summed E-state index contributed by atoms with van der Waals surface area (Å²) in [6.07, 6.45) is -4.49. The van der Waals surface area contributed by atoms with E-state index in [1.54, 1.807) is 30.5 Å². The first-order chi connectivity index (χ1) is 11.7. The standard InChI is InChI=1S/C16H14F3N3O2S/c1-9-8-25-14(21-9)15(24,16(17,18)19)7-13(23)22-11-2-3-12-10(6-11)4-5-20-12/h2-6,8,20,24H,7H2,1H3,(H,22,23). The number of hydrogen-bond acceptors (Lipinski definition) is 4. The minimum Gasteiger partial charge on any atom is -0.374 e. The fourth-order valence-electron chi connectivity index (χ4n) is 2.41. The van der Waals surface area contributed by atoms with E-state index in [9.17, 15) is 23.1 Å². The summed E-state index contributed by atoms with van der Waals surface area (Å²) in [5.74, 6) is -0.956. The molecule has 0 fully saturated rings. The first-order valence-corrected chi connectivity index (χ1v) is 8.16. The van der Waals surface area contributed by atoms with Gasteiger partial charge in [-0.25, -0.2) is 4.98 Å². The van der Waals surface area contributed by atoms with Gasteiger partial charge in [0.25, 0.3) is 0 Å². The second-order valence-electron chi connectivity index (χ2n) is 5.66. The Morgan fingerprint density at radius 1 is 1.36 bits per heavy atom. The second-order valence-corrected chi connectivity index (χ2v) is 6.51. The molecule has 1 unspecified atom stereocenters. The largest absolute Gasteiger partial charge is 0.424 e. The minimum absolute atomic E-state index is 0.344. The molecule has 3 rings (SSSR count). The van der Waals surface area contributed by atoms with Gasteiger partial charge in [0.1, 0.15) is 5.01 Å². The molecule has 3 N–H and O–H groups in total. The smallest absolute Gasteiger partial charge is 0.374 e. The summed E-state index contributed by atoms with van der Waals surface area (Å²) in [6.45, 7) is 1.52. The van der Waals surface area contributed by atoms with Gasteiger partial charge in [0, 0.05) is 33.9 Å². The van der Waals surface area contributed by atoms with Crippen molar-refractivity contribution in [1.82, 2.24) is 9.97 Å². The van der Waals surface area contributed by atoms with Crippen molar-refractivity contribution < 1.29 is 23.1 Å². The van der Waals surface area contributed by atoms with Crippen LogP contribution in [0.1, 0.15) is 17.1 Å². The normalized spacial score (nSPS) is 14.4. The van der Waals surface area contributed by atoms with Gasteiger partial charge in [-0.2, -0.15) is 13.2 Å². The first kappa shape index (κ1) is 17.4. The van der Waals surface area contributed by atoms with Crippen LogP contribution in [-0.2, 0) is 10.4 Å². The van der Waals surface area contributed by atoms with Crippen molar-refractivity contribution in [2.24, 2.45) is 0 Å². The van der Waals surface area contributed by atoms with Crippen LogP contribution in [0.3, 0.4) is 0 Å². The van der Waals surface area contributed by atoms with E-state index >= 15 is 0 Å². The molecule has 0 radical (unpaired) electrons. The van der Waals surface area contributed by atoms with Crippen molar-refractivity contribution in [3.8, 4) is 0 Å². The number of H-pyrrole nitrogens is 1. The third-order valence-corrected chi connectivity index (χ3v) is 4.81. The monoisotopic (exact) mass is 369 g/mol. The molecule has 25 heavy (non-hydrogen) atoms. The lowest BCUT2D eigenvalue weighted by molar-refractivity contribution is -0.266. The quantitative estimate of drug-likeness (QED) is 0.656. The zero-order chi connectivity index (χ0) is 18.2. The minimum atomic E-state index is -5.03. The summed E-state index contributed by atoms with van der Waals surface area (Å²) >= 11 is 0.669. The van der Waals surface area contributed by atoms with Gasteiger partial charge in [0.15, 0.2) is 0 Å². The third-order valence-electron chi connectivity index (χ3n) is 3.70. The van der Waals surface area contributed by atoms with Crippen LogP contribution in [0.15, 0.2) is 35.8 Å². The van der Waals surface area contributed by atoms with E-state index in [0.717, 1.165) is 10.9 Å². The van der Waals surface area contributed by atoms with Crippen LogP contribution >= 0.6 is 11.3 Å². The number of aryl methyl sites for hydroxylation is 1. The number of rotatable bonds is 4. The van der Waals surface area contributed by atoms with Gasteiger partial charge < -0.3 is 15.4 Å². The zero-order valence-corrected chi connectivity index (χ0v) is 13.8. The van der Waals surface area contributed by atoms with Gasteiger partial charge >= 0.3 is 6.18 Å². The fraction of sp³-hybridized carbons (Fsp3) is 0.250. The van der Waals surface area contributed by atoms with Crippen LogP contribution in [0.25, 0.3) is 10.9 Å². The van der Waals surface area contributed by atoms with Gasteiger partial charge in [-0.3, -0.25) is 4.79 Å². The summed E-state index contributed by atoms with van der Waals surface area (Å²) in [6, 6.07) is 6.67. The van der Waals surface area contributed by atoms with Crippen LogP contribution in [-0.4, -0.2) is 27.2 Å². The number of amides is 1. The maximum absolute atomic E-state index is 13.4. The number of aromatic nitrogens is 2. The molecule has 0 aliphatic heterocycles. The molecule has 0 spiro atoms. The third kappa shape index (κ3) is 3.38. The average Bonchev–Trinajstić information content (AvgIpc) is 3.14. The number of anilines is 1. The molecule has 1 aromatic carbocycles. The van der Waals surface area contributed by atoms with E-state index in [1.807, 2.05) is 0 Å². The van der Waals surface area contributed by atoms with Gasteiger partial charge in [-0.15, -0.1) is 11.3 Å². The number of aliphatic hydroxyl groups is 1. The Morgan fingerprint density at radius 2 is 2.12 bits per heavy atom. The highest BCUT2D eigenvalue weighted by Crippen LogP contribution is 2.43. The maximum Gasteiger partial charge on any atom is 0.424 e. The molecule has 2 heterocycles. The van der Waals surface area contributed by atoms with Crippen LogP contribution < -0.4 is 5.32 Å². The van der Waals surface area contributed by atoms with Crippen molar-refractivity contribution in [2.75, 3.05) is 5.32 Å². The molecule has 0 aliphatic rings. The van der Waals surface area contributed by atoms with E-state index in [2.05, 4.69) is 15.3 Å². The molecule has 132 valence electrons. The van der Waals surface area contributed by atoms with Crippen molar-refractivity contribution >= 4 is 33.8 Å². The molecule has 5 nitrogen and oxygen atoms in total. The molecule has 1 amide bonds. The van der Waals surface area contributed by atoms with Crippen LogP contribution in [0.5, 0.6) is 0 Å². The predicted octanol–water partition coefficient (Wildman–Crippen LogP) is 3.71.